The van der Waals surface area contributed by atoms with Crippen LogP contribution in [0.2, 0.25) is 0 Å². The molecular weight excluding hydrogens is 336 g/mol. The van der Waals surface area contributed by atoms with E-state index in [-0.39, 0.29) is 16.8 Å². The lowest BCUT2D eigenvalue weighted by Gasteiger charge is -2.26. The second kappa shape index (κ2) is 7.58. The molecule has 3 aromatic carbocycles. The van der Waals surface area contributed by atoms with Gasteiger partial charge in [0.15, 0.2) is 5.78 Å². The summed E-state index contributed by atoms with van der Waals surface area (Å²) in [7, 11) is 1.31. The molecule has 0 saturated heterocycles. The smallest absolute Gasteiger partial charge is 0.338 e. The molecule has 0 heterocycles. The van der Waals surface area contributed by atoms with Crippen molar-refractivity contribution >= 4 is 11.8 Å². The van der Waals surface area contributed by atoms with Crippen LogP contribution in [0.25, 0.3) is 0 Å². The van der Waals surface area contributed by atoms with Gasteiger partial charge in [0.05, 0.1) is 12.7 Å². The van der Waals surface area contributed by atoms with Crippen LogP contribution in [0.15, 0.2) is 78.9 Å². The monoisotopic (exact) mass is 358 g/mol. The van der Waals surface area contributed by atoms with Gasteiger partial charge in [-0.15, -0.1) is 0 Å². The molecular formula is C24H22O3. The van der Waals surface area contributed by atoms with E-state index in [1.807, 2.05) is 42.5 Å². The summed E-state index contributed by atoms with van der Waals surface area (Å²) < 4.78 is 4.78. The SMILES string of the molecule is COC(=O)c1ccccc1C(=O)c1ccc(C(C)(C)c2ccccc2)cc1. The second-order valence-electron chi connectivity index (χ2n) is 6.93. The Balaban J connectivity index is 1.93. The van der Waals surface area contributed by atoms with Crippen molar-refractivity contribution < 1.29 is 14.3 Å². The number of ketones is 1. The Morgan fingerprint density at radius 1 is 0.704 bits per heavy atom. The van der Waals surface area contributed by atoms with E-state index in [9.17, 15) is 9.59 Å². The molecule has 3 heteroatoms. The van der Waals surface area contributed by atoms with Crippen molar-refractivity contribution in [3.8, 4) is 0 Å². The number of ether oxygens (including phenoxy) is 1. The van der Waals surface area contributed by atoms with Crippen molar-refractivity contribution in [2.45, 2.75) is 19.3 Å². The van der Waals surface area contributed by atoms with Gasteiger partial charge in [-0.1, -0.05) is 86.6 Å². The summed E-state index contributed by atoms with van der Waals surface area (Å²) in [5.41, 5.74) is 3.32. The van der Waals surface area contributed by atoms with Gasteiger partial charge in [0.2, 0.25) is 0 Å². The van der Waals surface area contributed by atoms with E-state index < -0.39 is 5.97 Å². The summed E-state index contributed by atoms with van der Waals surface area (Å²) in [6.07, 6.45) is 0. The van der Waals surface area contributed by atoms with E-state index in [2.05, 4.69) is 26.0 Å². The number of carbonyl (C=O) groups is 2. The molecule has 0 amide bonds. The van der Waals surface area contributed by atoms with E-state index in [1.54, 1.807) is 24.3 Å². The van der Waals surface area contributed by atoms with Gasteiger partial charge in [0, 0.05) is 16.5 Å². The predicted octanol–water partition coefficient (Wildman–Crippen LogP) is 5.03. The fraction of sp³-hybridized carbons (Fsp3) is 0.167. The quantitative estimate of drug-likeness (QED) is 0.474. The summed E-state index contributed by atoms with van der Waals surface area (Å²) in [4.78, 5) is 24.8. The molecule has 136 valence electrons. The lowest BCUT2D eigenvalue weighted by molar-refractivity contribution is 0.0597. The van der Waals surface area contributed by atoms with Crippen LogP contribution in [0.1, 0.15) is 51.3 Å². The molecule has 0 aliphatic heterocycles. The summed E-state index contributed by atoms with van der Waals surface area (Å²) in [6.45, 7) is 4.32. The third-order valence-electron chi connectivity index (χ3n) is 4.94. The van der Waals surface area contributed by atoms with Crippen LogP contribution in [0.5, 0.6) is 0 Å². The first kappa shape index (κ1) is 18.6. The lowest BCUT2D eigenvalue weighted by Crippen LogP contribution is -2.19. The minimum absolute atomic E-state index is 0.174. The molecule has 0 unspecified atom stereocenters. The van der Waals surface area contributed by atoms with Crippen molar-refractivity contribution in [1.29, 1.82) is 0 Å². The van der Waals surface area contributed by atoms with Gasteiger partial charge in [0.1, 0.15) is 0 Å². The summed E-state index contributed by atoms with van der Waals surface area (Å²) in [5.74, 6) is -0.708. The maximum absolute atomic E-state index is 12.9. The number of methoxy groups -OCH3 is 1. The van der Waals surface area contributed by atoms with Gasteiger partial charge in [-0.05, 0) is 17.2 Å². The molecule has 3 nitrogen and oxygen atoms in total. The van der Waals surface area contributed by atoms with Crippen LogP contribution in [-0.4, -0.2) is 18.9 Å². The molecule has 27 heavy (non-hydrogen) atoms. The Bertz CT molecular complexity index is 954. The Morgan fingerprint density at radius 3 is 1.81 bits per heavy atom. The molecule has 0 aliphatic rings. The maximum atomic E-state index is 12.9. The highest BCUT2D eigenvalue weighted by atomic mass is 16.5. The average Bonchev–Trinajstić information content (AvgIpc) is 2.73. The minimum Gasteiger partial charge on any atom is -0.465 e. The van der Waals surface area contributed by atoms with E-state index in [0.29, 0.717) is 11.1 Å². The number of hydrogen-bond donors (Lipinski definition) is 0. The van der Waals surface area contributed by atoms with Gasteiger partial charge >= 0.3 is 5.97 Å². The van der Waals surface area contributed by atoms with Crippen LogP contribution in [0.4, 0.5) is 0 Å². The standard InChI is InChI=1S/C24H22O3/c1-24(2,18-9-5-4-6-10-18)19-15-13-17(14-16-19)22(25)20-11-7-8-12-21(20)23(26)27-3/h4-16H,1-3H3. The zero-order valence-electron chi connectivity index (χ0n) is 15.7. The third-order valence-corrected chi connectivity index (χ3v) is 4.94. The van der Waals surface area contributed by atoms with Gasteiger partial charge in [0.25, 0.3) is 0 Å². The highest BCUT2D eigenvalue weighted by Gasteiger charge is 2.24. The predicted molar refractivity (Wildman–Crippen MR) is 106 cm³/mol. The van der Waals surface area contributed by atoms with Crippen LogP contribution in [0.3, 0.4) is 0 Å². The molecule has 0 radical (unpaired) electrons. The first-order valence-electron chi connectivity index (χ1n) is 8.83. The minimum atomic E-state index is -0.513. The van der Waals surface area contributed by atoms with E-state index in [1.165, 1.54) is 12.7 Å². The summed E-state index contributed by atoms with van der Waals surface area (Å²) in [5, 5.41) is 0. The Hall–Kier alpha value is -3.20. The van der Waals surface area contributed by atoms with Crippen molar-refractivity contribution in [1.82, 2.24) is 0 Å². The first-order valence-corrected chi connectivity index (χ1v) is 8.83. The van der Waals surface area contributed by atoms with Crippen molar-refractivity contribution in [3.05, 3.63) is 107 Å². The van der Waals surface area contributed by atoms with Gasteiger partial charge < -0.3 is 4.74 Å². The summed E-state index contributed by atoms with van der Waals surface area (Å²) >= 11 is 0. The molecule has 3 aromatic rings. The highest BCUT2D eigenvalue weighted by Crippen LogP contribution is 2.31. The molecule has 0 aliphatic carbocycles. The van der Waals surface area contributed by atoms with Crippen LogP contribution in [-0.2, 0) is 10.2 Å². The Labute approximate surface area is 159 Å². The number of rotatable bonds is 5. The summed E-state index contributed by atoms with van der Waals surface area (Å²) in [6, 6.07) is 24.5. The maximum Gasteiger partial charge on any atom is 0.338 e. The fourth-order valence-electron chi connectivity index (χ4n) is 3.18. The van der Waals surface area contributed by atoms with Crippen LogP contribution in [0, 0.1) is 0 Å². The molecule has 0 atom stereocenters. The van der Waals surface area contributed by atoms with E-state index in [0.717, 1.165) is 5.56 Å². The number of esters is 1. The number of hydrogen-bond acceptors (Lipinski definition) is 3. The molecule has 3 rings (SSSR count). The number of carbonyl (C=O) groups excluding carboxylic acids is 2. The second-order valence-corrected chi connectivity index (χ2v) is 6.93. The Kier molecular flexibility index (Phi) is 5.22. The lowest BCUT2D eigenvalue weighted by atomic mass is 9.78. The van der Waals surface area contributed by atoms with Gasteiger partial charge in [-0.3, -0.25) is 4.79 Å². The van der Waals surface area contributed by atoms with Crippen LogP contribution >= 0.6 is 0 Å². The normalized spacial score (nSPS) is 11.1. The zero-order valence-corrected chi connectivity index (χ0v) is 15.7. The fourth-order valence-corrected chi connectivity index (χ4v) is 3.18. The zero-order chi connectivity index (χ0) is 19.4. The van der Waals surface area contributed by atoms with E-state index in [4.69, 9.17) is 4.74 Å². The molecule has 0 N–H and O–H groups in total. The van der Waals surface area contributed by atoms with Crippen molar-refractivity contribution in [2.24, 2.45) is 0 Å². The molecule has 0 bridgehead atoms. The van der Waals surface area contributed by atoms with E-state index >= 15 is 0 Å². The van der Waals surface area contributed by atoms with Crippen molar-refractivity contribution in [3.63, 3.8) is 0 Å². The molecule has 0 spiro atoms. The number of benzene rings is 3. The van der Waals surface area contributed by atoms with Gasteiger partial charge in [-0.25, -0.2) is 4.79 Å². The third kappa shape index (κ3) is 3.68. The van der Waals surface area contributed by atoms with Crippen molar-refractivity contribution in [2.75, 3.05) is 7.11 Å². The highest BCUT2D eigenvalue weighted by molar-refractivity contribution is 6.14. The average molecular weight is 358 g/mol. The Morgan fingerprint density at radius 2 is 1.22 bits per heavy atom. The first-order chi connectivity index (χ1) is 12.9. The molecule has 0 aromatic heterocycles. The van der Waals surface area contributed by atoms with Crippen LogP contribution < -0.4 is 0 Å². The molecule has 0 fully saturated rings. The molecule has 0 saturated carbocycles. The topological polar surface area (TPSA) is 43.4 Å². The largest absolute Gasteiger partial charge is 0.465 e. The van der Waals surface area contributed by atoms with Gasteiger partial charge in [-0.2, -0.15) is 0 Å².